The molecule has 0 aromatic heterocycles. The molecule has 2 aliphatic rings. The Morgan fingerprint density at radius 3 is 2.31 bits per heavy atom. The number of morpholine rings is 1. The van der Waals surface area contributed by atoms with E-state index in [0.717, 1.165) is 29.4 Å². The second-order valence-electron chi connectivity index (χ2n) is 11.2. The molecule has 2 atom stereocenters. The van der Waals surface area contributed by atoms with Crippen molar-refractivity contribution in [2.45, 2.75) is 38.4 Å². The number of nitrogens with zero attached hydrogens (tertiary/aromatic N) is 2. The third-order valence-electron chi connectivity index (χ3n) is 8.38. The van der Waals surface area contributed by atoms with Crippen molar-refractivity contribution in [3.63, 3.8) is 0 Å². The number of ether oxygens (including phenoxy) is 1. The molecule has 0 unspecified atom stereocenters. The van der Waals surface area contributed by atoms with Gasteiger partial charge < -0.3 is 20.0 Å². The number of halogens is 4. The highest BCUT2D eigenvalue weighted by atomic mass is 31.2. The number of hydrogen-bond acceptors (Lipinski definition) is 4. The number of nitrogens with one attached hydrogen (secondary N) is 2. The number of rotatable bonds is 6. The van der Waals surface area contributed by atoms with Crippen molar-refractivity contribution in [2.24, 2.45) is 0 Å². The number of carbonyl (C=O) groups is 1. The van der Waals surface area contributed by atoms with E-state index >= 15 is 4.57 Å². The Kier molecular flexibility index (Phi) is 7.89. The number of carbonyl (C=O) groups excluding carboxylic acids is 1. The van der Waals surface area contributed by atoms with Crippen molar-refractivity contribution in [1.29, 1.82) is 0 Å². The first kappa shape index (κ1) is 30.1. The second kappa shape index (κ2) is 11.0. The van der Waals surface area contributed by atoms with Crippen LogP contribution in [-0.2, 0) is 20.9 Å². The average Bonchev–Trinajstić information content (AvgIpc) is 3.12. The first-order valence-electron chi connectivity index (χ1n) is 13.6. The van der Waals surface area contributed by atoms with Gasteiger partial charge in [0.25, 0.3) is 13.4 Å². The highest BCUT2D eigenvalue weighted by Crippen LogP contribution is 2.55. The van der Waals surface area contributed by atoms with E-state index in [0.29, 0.717) is 0 Å². The van der Waals surface area contributed by atoms with Gasteiger partial charge in [-0.1, -0.05) is 26.0 Å². The fourth-order valence-corrected chi connectivity index (χ4v) is 8.12. The second-order valence-corrected chi connectivity index (χ2v) is 13.6. The summed E-state index contributed by atoms with van der Waals surface area (Å²) in [4.78, 5) is 15.4. The SMILES string of the molecule is C[C@@H]1N(C)c2cc(NC(=O)c3ccc(F)cc3)c([P@](=O)(Nc3ccccc3C(F)(F)F)N3CCOCC3)cc2C1(C)C. The molecule has 0 spiro atoms. The molecule has 1 amide bonds. The molecule has 0 saturated carbocycles. The van der Waals surface area contributed by atoms with Gasteiger partial charge in [0, 0.05) is 42.8 Å². The topological polar surface area (TPSA) is 73.9 Å². The molecule has 12 heteroatoms. The lowest BCUT2D eigenvalue weighted by atomic mass is 9.81. The highest BCUT2D eigenvalue weighted by molar-refractivity contribution is 7.71. The molecule has 3 aromatic carbocycles. The lowest BCUT2D eigenvalue weighted by Gasteiger charge is -2.37. The Balaban J connectivity index is 1.71. The lowest BCUT2D eigenvalue weighted by molar-refractivity contribution is -0.136. The van der Waals surface area contributed by atoms with Crippen LogP contribution in [0.2, 0.25) is 0 Å². The molecule has 42 heavy (non-hydrogen) atoms. The van der Waals surface area contributed by atoms with Gasteiger partial charge in [-0.25, -0.2) is 9.06 Å². The van der Waals surface area contributed by atoms with Crippen LogP contribution < -0.4 is 20.6 Å². The van der Waals surface area contributed by atoms with Crippen LogP contribution in [-0.4, -0.2) is 50.0 Å². The molecular formula is C30H33F4N4O3P. The molecule has 0 aliphatic carbocycles. The van der Waals surface area contributed by atoms with E-state index < -0.39 is 36.3 Å². The smallest absolute Gasteiger partial charge is 0.379 e. The van der Waals surface area contributed by atoms with Crippen LogP contribution in [0.25, 0.3) is 0 Å². The maximum absolute atomic E-state index is 15.4. The fourth-order valence-electron chi connectivity index (χ4n) is 5.56. The van der Waals surface area contributed by atoms with E-state index in [4.69, 9.17) is 4.74 Å². The summed E-state index contributed by atoms with van der Waals surface area (Å²) in [6, 6.07) is 13.4. The number of anilines is 3. The van der Waals surface area contributed by atoms with Gasteiger partial charge >= 0.3 is 6.18 Å². The first-order chi connectivity index (χ1) is 19.7. The number of likely N-dealkylation sites (N-methyl/N-ethyl adjacent to an activating group) is 1. The molecule has 0 radical (unpaired) electrons. The molecular weight excluding hydrogens is 571 g/mol. The zero-order valence-corrected chi connectivity index (χ0v) is 24.7. The lowest BCUT2D eigenvalue weighted by Crippen LogP contribution is -2.40. The molecule has 0 bridgehead atoms. The molecule has 2 N–H and O–H groups in total. The summed E-state index contributed by atoms with van der Waals surface area (Å²) in [5.41, 5.74) is 0.318. The summed E-state index contributed by atoms with van der Waals surface area (Å²) in [6.07, 6.45) is -4.70. The Labute approximate surface area is 242 Å². The third-order valence-corrected chi connectivity index (χ3v) is 11.1. The highest BCUT2D eigenvalue weighted by Gasteiger charge is 2.45. The molecule has 1 fully saturated rings. The van der Waals surface area contributed by atoms with E-state index in [2.05, 4.69) is 22.2 Å². The Morgan fingerprint density at radius 2 is 1.67 bits per heavy atom. The van der Waals surface area contributed by atoms with Gasteiger partial charge in [-0.2, -0.15) is 13.2 Å². The van der Waals surface area contributed by atoms with Gasteiger partial charge in [0.1, 0.15) is 5.82 Å². The number of alkyl halides is 3. The summed E-state index contributed by atoms with van der Waals surface area (Å²) >= 11 is 0. The van der Waals surface area contributed by atoms with Crippen LogP contribution >= 0.6 is 7.44 Å². The van der Waals surface area contributed by atoms with Crippen molar-refractivity contribution in [1.82, 2.24) is 4.67 Å². The summed E-state index contributed by atoms with van der Waals surface area (Å²) in [6.45, 7) is 7.01. The van der Waals surface area contributed by atoms with Crippen LogP contribution in [0.1, 0.15) is 42.3 Å². The van der Waals surface area contributed by atoms with Gasteiger partial charge in [0.05, 0.1) is 35.5 Å². The minimum atomic E-state index is -4.70. The van der Waals surface area contributed by atoms with Crippen molar-refractivity contribution in [2.75, 3.05) is 48.7 Å². The van der Waals surface area contributed by atoms with Crippen LogP contribution in [0.15, 0.2) is 60.7 Å². The molecule has 7 nitrogen and oxygen atoms in total. The van der Waals surface area contributed by atoms with E-state index in [1.54, 1.807) is 16.8 Å². The third kappa shape index (κ3) is 5.41. The van der Waals surface area contributed by atoms with E-state index in [1.165, 1.54) is 30.3 Å². The summed E-state index contributed by atoms with van der Waals surface area (Å²) in [7, 11) is -2.16. The largest absolute Gasteiger partial charge is 0.418 e. The number of amides is 1. The van der Waals surface area contributed by atoms with Crippen LogP contribution in [0, 0.1) is 5.82 Å². The zero-order chi connectivity index (χ0) is 30.4. The summed E-state index contributed by atoms with van der Waals surface area (Å²) < 4.78 is 78.1. The number of benzene rings is 3. The maximum atomic E-state index is 15.4. The van der Waals surface area contributed by atoms with Gasteiger partial charge in [0.2, 0.25) is 0 Å². The van der Waals surface area contributed by atoms with Crippen molar-refractivity contribution in [3.05, 3.63) is 83.2 Å². The van der Waals surface area contributed by atoms with Gasteiger partial charge in [-0.05, 0) is 61.0 Å². The summed E-state index contributed by atoms with van der Waals surface area (Å²) in [5, 5.41) is 5.82. The summed E-state index contributed by atoms with van der Waals surface area (Å²) in [5.74, 6) is -1.08. The molecule has 5 rings (SSSR count). The predicted molar refractivity (Wildman–Crippen MR) is 156 cm³/mol. The van der Waals surface area contributed by atoms with Gasteiger partial charge in [-0.15, -0.1) is 0 Å². The monoisotopic (exact) mass is 604 g/mol. The Bertz CT molecular complexity index is 1540. The van der Waals surface area contributed by atoms with E-state index in [9.17, 15) is 22.4 Å². The minimum Gasteiger partial charge on any atom is -0.379 e. The number of fused-ring (bicyclic) bond motifs is 1. The zero-order valence-electron chi connectivity index (χ0n) is 23.8. The van der Waals surface area contributed by atoms with Crippen LogP contribution in [0.5, 0.6) is 0 Å². The minimum absolute atomic E-state index is 0.0325. The maximum Gasteiger partial charge on any atom is 0.418 e. The van der Waals surface area contributed by atoms with Crippen molar-refractivity contribution in [3.8, 4) is 0 Å². The average molecular weight is 605 g/mol. The van der Waals surface area contributed by atoms with Gasteiger partial charge in [0.15, 0.2) is 0 Å². The molecule has 2 heterocycles. The normalized spacial score (nSPS) is 20.1. The number of para-hydroxylation sites is 1. The predicted octanol–water partition coefficient (Wildman–Crippen LogP) is 6.48. The fraction of sp³-hybridized carbons (Fsp3) is 0.367. The van der Waals surface area contributed by atoms with E-state index in [-0.39, 0.29) is 54.6 Å². The standard InChI is InChI=1S/C30H33F4N4O3P/c1-19-29(2,3)23-17-27(25(18-26(23)37(19)4)35-28(39)20-9-11-21(31)12-10-20)42(40,38-13-15-41-16-14-38)36-24-8-6-5-7-22(24)30(32,33)34/h5-12,17-19H,13-16H2,1-4H3,(H,35,39)(H,36,40)/t19-,42-/m0/s1. The quantitative estimate of drug-likeness (QED) is 0.248. The molecule has 1 saturated heterocycles. The Morgan fingerprint density at radius 1 is 1.02 bits per heavy atom. The molecule has 3 aromatic rings. The van der Waals surface area contributed by atoms with Crippen LogP contribution in [0.3, 0.4) is 0 Å². The molecule has 2 aliphatic heterocycles. The van der Waals surface area contributed by atoms with Gasteiger partial charge in [-0.3, -0.25) is 9.36 Å². The number of hydrogen-bond donors (Lipinski definition) is 2. The van der Waals surface area contributed by atoms with Crippen molar-refractivity contribution >= 4 is 35.7 Å². The van der Waals surface area contributed by atoms with E-state index in [1.807, 2.05) is 20.9 Å². The Hall–Kier alpha value is -3.40. The van der Waals surface area contributed by atoms with Crippen LogP contribution in [0.4, 0.5) is 34.6 Å². The van der Waals surface area contributed by atoms with Crippen molar-refractivity contribution < 1.29 is 31.7 Å². The first-order valence-corrected chi connectivity index (χ1v) is 15.3. The molecule has 224 valence electrons.